The van der Waals surface area contributed by atoms with Crippen molar-refractivity contribution in [1.29, 1.82) is 0 Å². The average Bonchev–Trinajstić information content (AvgIpc) is 2.26. The molecule has 0 radical (unpaired) electrons. The lowest BCUT2D eigenvalue weighted by Crippen LogP contribution is -2.43. The molecule has 0 saturated carbocycles. The Morgan fingerprint density at radius 3 is 2.94 bits per heavy atom. The van der Waals surface area contributed by atoms with Crippen molar-refractivity contribution >= 4 is 46.7 Å². The number of anilines is 1. The van der Waals surface area contributed by atoms with E-state index in [1.54, 1.807) is 17.8 Å². The van der Waals surface area contributed by atoms with E-state index < -0.39 is 0 Å². The van der Waals surface area contributed by atoms with Crippen molar-refractivity contribution in [3.63, 3.8) is 0 Å². The molecule has 0 bridgehead atoms. The molecule has 0 atom stereocenters. The Morgan fingerprint density at radius 1 is 1.56 bits per heavy atom. The Hall–Kier alpha value is -0.490. The quantitative estimate of drug-likeness (QED) is 0.876. The largest absolute Gasteiger partial charge is 0.316 e. The summed E-state index contributed by atoms with van der Waals surface area (Å²) in [5.41, 5.74) is 0. The van der Waals surface area contributed by atoms with Gasteiger partial charge in [-0.25, -0.2) is 4.98 Å². The van der Waals surface area contributed by atoms with Crippen LogP contribution in [0.5, 0.6) is 0 Å². The predicted octanol–water partition coefficient (Wildman–Crippen LogP) is 2.28. The zero-order chi connectivity index (χ0) is 13.0. The van der Waals surface area contributed by atoms with E-state index in [4.69, 9.17) is 23.2 Å². The molecule has 0 aromatic carbocycles. The van der Waals surface area contributed by atoms with Crippen molar-refractivity contribution < 1.29 is 4.79 Å². The summed E-state index contributed by atoms with van der Waals surface area (Å²) in [7, 11) is 0. The lowest BCUT2D eigenvalue weighted by atomic mass is 10.1. The predicted molar refractivity (Wildman–Crippen MR) is 76.6 cm³/mol. The van der Waals surface area contributed by atoms with Crippen LogP contribution in [0.1, 0.15) is 0 Å². The fourth-order valence-electron chi connectivity index (χ4n) is 1.46. The molecule has 2 heterocycles. The summed E-state index contributed by atoms with van der Waals surface area (Å²) < 4.78 is 0. The Balaban J connectivity index is 1.75. The number of pyridine rings is 1. The van der Waals surface area contributed by atoms with Crippen molar-refractivity contribution in [2.24, 2.45) is 5.92 Å². The summed E-state index contributed by atoms with van der Waals surface area (Å²) in [6.07, 6.45) is 1.45. The summed E-state index contributed by atoms with van der Waals surface area (Å²) in [4.78, 5) is 15.6. The average molecular weight is 306 g/mol. The molecule has 18 heavy (non-hydrogen) atoms. The normalized spacial score (nSPS) is 15.2. The van der Waals surface area contributed by atoms with Crippen molar-refractivity contribution in [3.8, 4) is 0 Å². The number of nitrogens with one attached hydrogen (secondary N) is 2. The first-order valence-electron chi connectivity index (χ1n) is 5.54. The number of thioether (sulfide) groups is 1. The molecule has 0 unspecified atom stereocenters. The highest BCUT2D eigenvalue weighted by atomic mass is 35.5. The molecule has 2 rings (SSSR count). The van der Waals surface area contributed by atoms with Crippen LogP contribution in [0, 0.1) is 5.92 Å². The molecule has 2 N–H and O–H groups in total. The van der Waals surface area contributed by atoms with Gasteiger partial charge in [0.05, 0.1) is 15.8 Å². The highest BCUT2D eigenvalue weighted by Gasteiger charge is 2.17. The van der Waals surface area contributed by atoms with Crippen LogP contribution in [0.15, 0.2) is 12.3 Å². The molecule has 1 amide bonds. The van der Waals surface area contributed by atoms with Crippen molar-refractivity contribution in [2.45, 2.75) is 0 Å². The maximum atomic E-state index is 11.7. The van der Waals surface area contributed by atoms with E-state index in [2.05, 4.69) is 15.6 Å². The zero-order valence-corrected chi connectivity index (χ0v) is 11.9. The maximum absolute atomic E-state index is 11.7. The molecule has 0 spiro atoms. The van der Waals surface area contributed by atoms with Gasteiger partial charge in [0, 0.05) is 6.20 Å². The van der Waals surface area contributed by atoms with Gasteiger partial charge in [-0.2, -0.15) is 11.8 Å². The zero-order valence-electron chi connectivity index (χ0n) is 9.58. The maximum Gasteiger partial charge on any atom is 0.235 e. The summed E-state index contributed by atoms with van der Waals surface area (Å²) in [6.45, 7) is 2.11. The topological polar surface area (TPSA) is 54.0 Å². The number of nitrogens with zero attached hydrogens (tertiary/aromatic N) is 1. The first kappa shape index (κ1) is 13.9. The second kappa shape index (κ2) is 6.61. The fourth-order valence-corrected chi connectivity index (χ4v) is 2.83. The first-order valence-corrected chi connectivity index (χ1v) is 7.45. The van der Waals surface area contributed by atoms with Gasteiger partial charge in [-0.05, 0) is 30.8 Å². The molecule has 1 aromatic rings. The van der Waals surface area contributed by atoms with Crippen LogP contribution >= 0.6 is 35.0 Å². The number of rotatable bonds is 5. The van der Waals surface area contributed by atoms with Gasteiger partial charge in [0.2, 0.25) is 5.91 Å². The van der Waals surface area contributed by atoms with Crippen LogP contribution in [-0.4, -0.2) is 35.5 Å². The number of halogens is 2. The Kier molecular flexibility index (Phi) is 5.12. The van der Waals surface area contributed by atoms with Crippen molar-refractivity contribution in [1.82, 2.24) is 10.3 Å². The molecule has 1 saturated heterocycles. The third-order valence-electron chi connectivity index (χ3n) is 2.52. The number of aromatic nitrogens is 1. The molecule has 1 fully saturated rings. The lowest BCUT2D eigenvalue weighted by Gasteiger charge is -2.26. The highest BCUT2D eigenvalue weighted by Crippen LogP contribution is 2.22. The third kappa shape index (κ3) is 4.02. The van der Waals surface area contributed by atoms with E-state index in [1.807, 2.05) is 0 Å². The van der Waals surface area contributed by atoms with E-state index >= 15 is 0 Å². The number of hydrogen-bond acceptors (Lipinski definition) is 4. The standard InChI is InChI=1S/C11H13Cl2N3OS/c12-8-1-9(13)11(15-4-8)16-10(17)6-18-5-7-2-14-3-7/h1,4,7,14H,2-3,5-6H2,(H,15,16,17). The number of carbonyl (C=O) groups excluding carboxylic acids is 1. The van der Waals surface area contributed by atoms with E-state index in [0.29, 0.717) is 27.5 Å². The van der Waals surface area contributed by atoms with Crippen molar-refractivity contribution in [2.75, 3.05) is 29.9 Å². The summed E-state index contributed by atoms with van der Waals surface area (Å²) in [5.74, 6) is 2.38. The van der Waals surface area contributed by atoms with Gasteiger partial charge in [0.25, 0.3) is 0 Å². The number of hydrogen-bond donors (Lipinski definition) is 2. The van der Waals surface area contributed by atoms with Gasteiger partial charge in [-0.3, -0.25) is 4.79 Å². The van der Waals surface area contributed by atoms with E-state index in [-0.39, 0.29) is 5.91 Å². The molecule has 1 aliphatic rings. The van der Waals surface area contributed by atoms with E-state index in [0.717, 1.165) is 18.8 Å². The minimum atomic E-state index is -0.0935. The van der Waals surface area contributed by atoms with Gasteiger partial charge < -0.3 is 10.6 Å². The minimum Gasteiger partial charge on any atom is -0.316 e. The van der Waals surface area contributed by atoms with Crippen LogP contribution in [-0.2, 0) is 4.79 Å². The van der Waals surface area contributed by atoms with Crippen LogP contribution in [0.25, 0.3) is 0 Å². The Morgan fingerprint density at radius 2 is 2.33 bits per heavy atom. The Labute approximate surface area is 120 Å². The SMILES string of the molecule is O=C(CSCC1CNC1)Nc1ncc(Cl)cc1Cl. The van der Waals surface area contributed by atoms with Gasteiger partial charge in [-0.15, -0.1) is 0 Å². The van der Waals surface area contributed by atoms with Gasteiger partial charge in [0.15, 0.2) is 5.82 Å². The molecule has 7 heteroatoms. The van der Waals surface area contributed by atoms with Gasteiger partial charge >= 0.3 is 0 Å². The van der Waals surface area contributed by atoms with Crippen LogP contribution < -0.4 is 10.6 Å². The lowest BCUT2D eigenvalue weighted by molar-refractivity contribution is -0.113. The smallest absolute Gasteiger partial charge is 0.235 e. The summed E-state index contributed by atoms with van der Waals surface area (Å²) in [5, 5.41) is 6.67. The second-order valence-corrected chi connectivity index (χ2v) is 5.95. The molecule has 98 valence electrons. The molecule has 1 aliphatic heterocycles. The minimum absolute atomic E-state index is 0.0935. The van der Waals surface area contributed by atoms with E-state index in [1.165, 1.54) is 6.20 Å². The third-order valence-corrected chi connectivity index (χ3v) is 4.19. The van der Waals surface area contributed by atoms with E-state index in [9.17, 15) is 4.79 Å². The first-order chi connectivity index (χ1) is 8.65. The molecule has 4 nitrogen and oxygen atoms in total. The van der Waals surface area contributed by atoms with Crippen molar-refractivity contribution in [3.05, 3.63) is 22.3 Å². The molecule has 1 aromatic heterocycles. The van der Waals surface area contributed by atoms with Crippen LogP contribution in [0.4, 0.5) is 5.82 Å². The Bertz CT molecular complexity index is 440. The van der Waals surface area contributed by atoms with Gasteiger partial charge in [0.1, 0.15) is 0 Å². The summed E-state index contributed by atoms with van der Waals surface area (Å²) >= 11 is 13.3. The number of amides is 1. The number of carbonyl (C=O) groups is 1. The molecular weight excluding hydrogens is 293 g/mol. The van der Waals surface area contributed by atoms with Crippen LogP contribution in [0.2, 0.25) is 10.0 Å². The van der Waals surface area contributed by atoms with Crippen LogP contribution in [0.3, 0.4) is 0 Å². The summed E-state index contributed by atoms with van der Waals surface area (Å²) in [6, 6.07) is 1.55. The highest BCUT2D eigenvalue weighted by molar-refractivity contribution is 7.99. The molecule has 0 aliphatic carbocycles. The molecular formula is C11H13Cl2N3OS. The fraction of sp³-hybridized carbons (Fsp3) is 0.455. The second-order valence-electron chi connectivity index (χ2n) is 4.07. The van der Waals surface area contributed by atoms with Gasteiger partial charge in [-0.1, -0.05) is 23.2 Å². The monoisotopic (exact) mass is 305 g/mol.